The van der Waals surface area contributed by atoms with Crippen LogP contribution >= 0.6 is 11.8 Å². The van der Waals surface area contributed by atoms with Gasteiger partial charge in [0.05, 0.1) is 4.87 Å². The van der Waals surface area contributed by atoms with Crippen LogP contribution in [0.1, 0.15) is 19.8 Å². The zero-order valence-corrected chi connectivity index (χ0v) is 11.5. The zero-order valence-electron chi connectivity index (χ0n) is 10.7. The van der Waals surface area contributed by atoms with Crippen molar-refractivity contribution in [2.75, 3.05) is 5.75 Å². The molecule has 100 valence electrons. The van der Waals surface area contributed by atoms with Crippen molar-refractivity contribution in [1.29, 1.82) is 0 Å². The molecule has 0 saturated carbocycles. The fourth-order valence-corrected chi connectivity index (χ4v) is 4.08. The van der Waals surface area contributed by atoms with Crippen LogP contribution in [0.5, 0.6) is 5.75 Å². The van der Waals surface area contributed by atoms with Crippen molar-refractivity contribution in [3.8, 4) is 5.75 Å². The molecular formula is C14H15NO3S. The second-order valence-electron chi connectivity index (χ2n) is 5.00. The average Bonchev–Trinajstić information content (AvgIpc) is 2.88. The molecule has 2 saturated heterocycles. The lowest BCUT2D eigenvalue weighted by molar-refractivity contribution is -0.146. The Morgan fingerprint density at radius 3 is 2.89 bits per heavy atom. The Morgan fingerprint density at radius 2 is 2.16 bits per heavy atom. The molecular weight excluding hydrogens is 262 g/mol. The van der Waals surface area contributed by atoms with Crippen LogP contribution in [-0.4, -0.2) is 33.4 Å². The first-order valence-corrected chi connectivity index (χ1v) is 7.32. The normalized spacial score (nSPS) is 29.4. The maximum atomic E-state index is 12.2. The molecule has 1 aromatic carbocycles. The minimum Gasteiger partial charge on any atom is -0.425 e. The molecule has 2 atom stereocenters. The van der Waals surface area contributed by atoms with Crippen molar-refractivity contribution in [3.05, 3.63) is 30.3 Å². The largest absolute Gasteiger partial charge is 0.425 e. The van der Waals surface area contributed by atoms with Crippen molar-refractivity contribution < 1.29 is 14.3 Å². The van der Waals surface area contributed by atoms with Gasteiger partial charge in [-0.05, 0) is 25.5 Å². The monoisotopic (exact) mass is 277 g/mol. The van der Waals surface area contributed by atoms with Gasteiger partial charge in [-0.15, -0.1) is 11.8 Å². The van der Waals surface area contributed by atoms with E-state index in [1.54, 1.807) is 28.8 Å². The van der Waals surface area contributed by atoms with Gasteiger partial charge in [-0.2, -0.15) is 0 Å². The van der Waals surface area contributed by atoms with E-state index in [0.29, 0.717) is 17.9 Å². The number of rotatable bonds is 2. The first-order chi connectivity index (χ1) is 9.10. The predicted molar refractivity (Wildman–Crippen MR) is 72.8 cm³/mol. The summed E-state index contributed by atoms with van der Waals surface area (Å²) < 4.78 is 5.35. The van der Waals surface area contributed by atoms with Crippen LogP contribution in [0.25, 0.3) is 0 Å². The van der Waals surface area contributed by atoms with Crippen LogP contribution in [0.15, 0.2) is 30.3 Å². The Bertz CT molecular complexity index is 519. The van der Waals surface area contributed by atoms with E-state index in [4.69, 9.17) is 4.74 Å². The molecule has 2 aliphatic heterocycles. The van der Waals surface area contributed by atoms with E-state index >= 15 is 0 Å². The summed E-state index contributed by atoms with van der Waals surface area (Å²) in [6.07, 6.45) is 1.34. The smallest absolute Gasteiger partial charge is 0.335 e. The van der Waals surface area contributed by atoms with Gasteiger partial charge in [-0.3, -0.25) is 4.79 Å². The second-order valence-corrected chi connectivity index (χ2v) is 6.50. The van der Waals surface area contributed by atoms with Gasteiger partial charge < -0.3 is 9.64 Å². The standard InChI is InChI=1S/C14H15NO3S/c1-14-8-7-12(16)15(14)11(9-19-14)13(17)18-10-5-3-2-4-6-10/h2-6,11H,7-9H2,1H3/t11-,14-/m0/s1. The van der Waals surface area contributed by atoms with Crippen LogP contribution in [0.4, 0.5) is 0 Å². The molecule has 2 heterocycles. The molecule has 2 fully saturated rings. The van der Waals surface area contributed by atoms with Gasteiger partial charge in [-0.25, -0.2) is 4.79 Å². The average molecular weight is 277 g/mol. The highest BCUT2D eigenvalue weighted by atomic mass is 32.2. The van der Waals surface area contributed by atoms with Crippen molar-refractivity contribution >= 4 is 23.6 Å². The molecule has 4 nitrogen and oxygen atoms in total. The molecule has 0 aliphatic carbocycles. The van der Waals surface area contributed by atoms with Gasteiger partial charge in [0.1, 0.15) is 11.8 Å². The summed E-state index contributed by atoms with van der Waals surface area (Å²) in [6.45, 7) is 2.03. The fraction of sp³-hybridized carbons (Fsp3) is 0.429. The fourth-order valence-electron chi connectivity index (χ4n) is 2.67. The number of carbonyl (C=O) groups excluding carboxylic acids is 2. The van der Waals surface area contributed by atoms with Gasteiger partial charge in [-0.1, -0.05) is 18.2 Å². The SMILES string of the molecule is C[C@]12CCC(=O)N1[C@H](C(=O)Oc1ccccc1)CS2. The minimum atomic E-state index is -0.454. The Kier molecular flexibility index (Phi) is 3.01. The molecule has 0 N–H and O–H groups in total. The highest BCUT2D eigenvalue weighted by Crippen LogP contribution is 2.47. The predicted octanol–water partition coefficient (Wildman–Crippen LogP) is 2.05. The van der Waals surface area contributed by atoms with E-state index in [0.717, 1.165) is 6.42 Å². The van der Waals surface area contributed by atoms with E-state index in [9.17, 15) is 9.59 Å². The number of hydrogen-bond donors (Lipinski definition) is 0. The third kappa shape index (κ3) is 2.12. The molecule has 1 amide bonds. The second kappa shape index (κ2) is 4.56. The third-order valence-corrected chi connectivity index (χ3v) is 5.18. The maximum absolute atomic E-state index is 12.2. The topological polar surface area (TPSA) is 46.6 Å². The quantitative estimate of drug-likeness (QED) is 0.613. The summed E-state index contributed by atoms with van der Waals surface area (Å²) in [5.74, 6) is 0.867. The highest BCUT2D eigenvalue weighted by Gasteiger charge is 2.53. The number of fused-ring (bicyclic) bond motifs is 1. The molecule has 0 spiro atoms. The first-order valence-electron chi connectivity index (χ1n) is 6.33. The third-order valence-electron chi connectivity index (χ3n) is 3.68. The van der Waals surface area contributed by atoms with Crippen LogP contribution in [-0.2, 0) is 9.59 Å². The van der Waals surface area contributed by atoms with Gasteiger partial charge in [0.2, 0.25) is 5.91 Å². The molecule has 3 rings (SSSR count). The van der Waals surface area contributed by atoms with Crippen molar-refractivity contribution in [1.82, 2.24) is 4.90 Å². The van der Waals surface area contributed by atoms with Crippen LogP contribution in [0.3, 0.4) is 0 Å². The van der Waals surface area contributed by atoms with E-state index < -0.39 is 6.04 Å². The molecule has 2 aliphatic rings. The summed E-state index contributed by atoms with van der Waals surface area (Å²) in [7, 11) is 0. The Labute approximate surface area is 116 Å². The van der Waals surface area contributed by atoms with E-state index in [-0.39, 0.29) is 16.7 Å². The Hall–Kier alpha value is -1.49. The Morgan fingerprint density at radius 1 is 1.42 bits per heavy atom. The van der Waals surface area contributed by atoms with Crippen molar-refractivity contribution in [2.24, 2.45) is 0 Å². The molecule has 19 heavy (non-hydrogen) atoms. The number of para-hydroxylation sites is 1. The molecule has 0 radical (unpaired) electrons. The number of thioether (sulfide) groups is 1. The van der Waals surface area contributed by atoms with Gasteiger partial charge >= 0.3 is 5.97 Å². The number of hydrogen-bond acceptors (Lipinski definition) is 4. The maximum Gasteiger partial charge on any atom is 0.335 e. The van der Waals surface area contributed by atoms with E-state index in [2.05, 4.69) is 0 Å². The summed E-state index contributed by atoms with van der Waals surface area (Å²) in [4.78, 5) is 25.6. The number of amides is 1. The Balaban J connectivity index is 1.76. The van der Waals surface area contributed by atoms with E-state index in [1.807, 2.05) is 25.1 Å². The van der Waals surface area contributed by atoms with Gasteiger partial charge in [0.15, 0.2) is 0 Å². The van der Waals surface area contributed by atoms with Crippen molar-refractivity contribution in [2.45, 2.75) is 30.7 Å². The lowest BCUT2D eigenvalue weighted by Gasteiger charge is -2.29. The number of ether oxygens (including phenoxy) is 1. The highest BCUT2D eigenvalue weighted by molar-refractivity contribution is 8.01. The lowest BCUT2D eigenvalue weighted by Crippen LogP contribution is -2.47. The van der Waals surface area contributed by atoms with Gasteiger partial charge in [0, 0.05) is 12.2 Å². The van der Waals surface area contributed by atoms with E-state index in [1.165, 1.54) is 0 Å². The summed E-state index contributed by atoms with van der Waals surface area (Å²) >= 11 is 1.67. The molecule has 5 heteroatoms. The molecule has 0 bridgehead atoms. The number of benzene rings is 1. The number of esters is 1. The van der Waals surface area contributed by atoms with Gasteiger partial charge in [0.25, 0.3) is 0 Å². The van der Waals surface area contributed by atoms with Crippen LogP contribution in [0.2, 0.25) is 0 Å². The van der Waals surface area contributed by atoms with Crippen LogP contribution in [0, 0.1) is 0 Å². The van der Waals surface area contributed by atoms with Crippen LogP contribution < -0.4 is 4.74 Å². The summed E-state index contributed by atoms with van der Waals surface area (Å²) in [5, 5.41) is 0. The summed E-state index contributed by atoms with van der Waals surface area (Å²) in [5.41, 5.74) is 0. The van der Waals surface area contributed by atoms with Crippen molar-refractivity contribution in [3.63, 3.8) is 0 Å². The molecule has 1 aromatic rings. The minimum absolute atomic E-state index is 0.0579. The molecule has 0 unspecified atom stereocenters. The number of carbonyl (C=O) groups is 2. The summed E-state index contributed by atoms with van der Waals surface area (Å²) in [6, 6.07) is 8.53. The zero-order chi connectivity index (χ0) is 13.5. The lowest BCUT2D eigenvalue weighted by atomic mass is 10.2. The first kappa shape index (κ1) is 12.5. The number of nitrogens with zero attached hydrogens (tertiary/aromatic N) is 1. The molecule has 0 aromatic heterocycles.